The minimum Gasteiger partial charge on any atom is -0.465 e. The van der Waals surface area contributed by atoms with E-state index in [2.05, 4.69) is 80.1 Å². The largest absolute Gasteiger partial charge is 0.465 e. The Morgan fingerprint density at radius 2 is 1.93 bits per heavy atom. The van der Waals surface area contributed by atoms with Gasteiger partial charge in [-0.05, 0) is 42.2 Å². The van der Waals surface area contributed by atoms with Crippen molar-refractivity contribution in [2.45, 2.75) is 77.7 Å². The number of hydrogen-bond donors (Lipinski definition) is 3. The highest BCUT2D eigenvalue weighted by Gasteiger charge is 2.45. The van der Waals surface area contributed by atoms with Gasteiger partial charge in [-0.3, -0.25) is 9.78 Å². The highest BCUT2D eigenvalue weighted by Crippen LogP contribution is 2.40. The maximum absolute atomic E-state index is 13.3. The molecule has 3 atom stereocenters. The third-order valence-electron chi connectivity index (χ3n) is 8.11. The minimum atomic E-state index is -2.16. The number of nitrogens with zero attached hydrogens (tertiary/aromatic N) is 3. The zero-order valence-electron chi connectivity index (χ0n) is 24.6. The van der Waals surface area contributed by atoms with Gasteiger partial charge < -0.3 is 29.5 Å². The summed E-state index contributed by atoms with van der Waals surface area (Å²) < 4.78 is 12.3. The van der Waals surface area contributed by atoms with Crippen molar-refractivity contribution in [2.75, 3.05) is 23.3 Å². The molecule has 4 heterocycles. The fraction of sp³-hybridized carbons (Fsp3) is 0.517. The van der Waals surface area contributed by atoms with Crippen LogP contribution in [-0.4, -0.2) is 60.6 Å². The summed E-state index contributed by atoms with van der Waals surface area (Å²) in [5, 5.41) is 15.3. The summed E-state index contributed by atoms with van der Waals surface area (Å²) in [5.41, 5.74) is 3.80. The number of carboxylic acid groups (broad SMARTS) is 1. The van der Waals surface area contributed by atoms with Crippen molar-refractivity contribution < 1.29 is 23.5 Å². The van der Waals surface area contributed by atoms with Crippen molar-refractivity contribution in [3.8, 4) is 0 Å². The Morgan fingerprint density at radius 3 is 2.58 bits per heavy atom. The van der Waals surface area contributed by atoms with Crippen LogP contribution in [0.15, 0.2) is 41.3 Å². The molecule has 1 saturated heterocycles. The summed E-state index contributed by atoms with van der Waals surface area (Å²) in [6.45, 7) is 18.1. The molecule has 3 aromatic heterocycles. The van der Waals surface area contributed by atoms with Gasteiger partial charge in [-0.1, -0.05) is 41.5 Å². The second-order valence-corrected chi connectivity index (χ2v) is 17.3. The molecule has 11 heteroatoms. The van der Waals surface area contributed by atoms with E-state index >= 15 is 0 Å². The number of furan rings is 1. The van der Waals surface area contributed by atoms with Gasteiger partial charge >= 0.3 is 6.09 Å². The van der Waals surface area contributed by atoms with E-state index in [0.29, 0.717) is 29.9 Å². The SMILES string of the molecule is CC(C)c1coc2ccc(C(=O)Nc3cnccc3N3C[C@H](C)[C@@H](O[Si](C)(C)C(C)(C)C)[C@H](NC(=O)O)C3)nc12. The number of nitrogens with one attached hydrogen (secondary N) is 2. The zero-order chi connectivity index (χ0) is 29.4. The molecule has 216 valence electrons. The van der Waals surface area contributed by atoms with Crippen molar-refractivity contribution in [3.63, 3.8) is 0 Å². The van der Waals surface area contributed by atoms with Crippen LogP contribution in [0.5, 0.6) is 0 Å². The van der Waals surface area contributed by atoms with E-state index in [1.165, 1.54) is 0 Å². The first-order valence-corrected chi connectivity index (χ1v) is 16.6. The maximum Gasteiger partial charge on any atom is 0.405 e. The number of hydrogen-bond acceptors (Lipinski definition) is 7. The fourth-order valence-electron chi connectivity index (χ4n) is 4.87. The third-order valence-corrected chi connectivity index (χ3v) is 12.6. The number of carbonyl (C=O) groups is 2. The van der Waals surface area contributed by atoms with E-state index in [1.807, 2.05) is 6.07 Å². The standard InChI is InChI=1S/C29H41N5O5Si/c1-17(2)19-16-38-24-10-9-20(31-25(19)24)27(35)32-21-13-30-12-11-23(21)34-14-18(3)26(22(15-34)33-28(36)37)39-40(7,8)29(4,5)6/h9-13,16-18,22,26,33H,14-15H2,1-8H3,(H,32,35)(H,36,37)/t18-,22+,26+/m0/s1. The number of aromatic nitrogens is 2. The quantitative estimate of drug-likeness (QED) is 0.293. The van der Waals surface area contributed by atoms with Crippen LogP contribution in [0, 0.1) is 5.92 Å². The van der Waals surface area contributed by atoms with Gasteiger partial charge in [-0.15, -0.1) is 0 Å². The predicted molar refractivity (Wildman–Crippen MR) is 159 cm³/mol. The molecule has 1 fully saturated rings. The van der Waals surface area contributed by atoms with E-state index in [4.69, 9.17) is 8.84 Å². The first-order valence-electron chi connectivity index (χ1n) is 13.7. The Bertz CT molecular complexity index is 1380. The Kier molecular flexibility index (Phi) is 8.27. The van der Waals surface area contributed by atoms with Crippen LogP contribution in [0.3, 0.4) is 0 Å². The molecule has 0 bridgehead atoms. The molecular formula is C29H41N5O5Si. The highest BCUT2D eigenvalue weighted by atomic mass is 28.4. The molecule has 40 heavy (non-hydrogen) atoms. The number of carbonyl (C=O) groups excluding carboxylic acids is 1. The summed E-state index contributed by atoms with van der Waals surface area (Å²) in [4.78, 5) is 36.0. The number of piperidine rings is 1. The van der Waals surface area contributed by atoms with Crippen LogP contribution in [-0.2, 0) is 4.43 Å². The molecule has 10 nitrogen and oxygen atoms in total. The molecule has 1 aliphatic rings. The first-order chi connectivity index (χ1) is 18.7. The van der Waals surface area contributed by atoms with Gasteiger partial charge in [-0.25, -0.2) is 9.78 Å². The number of anilines is 2. The number of fused-ring (bicyclic) bond motifs is 1. The lowest BCUT2D eigenvalue weighted by Crippen LogP contribution is -2.62. The summed E-state index contributed by atoms with van der Waals surface area (Å²) in [5.74, 6) is -0.137. The Labute approximate surface area is 236 Å². The Balaban J connectivity index is 1.59. The molecule has 0 aromatic carbocycles. The summed E-state index contributed by atoms with van der Waals surface area (Å²) in [7, 11) is -2.16. The van der Waals surface area contributed by atoms with E-state index in [1.54, 1.807) is 30.8 Å². The fourth-order valence-corrected chi connectivity index (χ4v) is 6.31. The topological polar surface area (TPSA) is 130 Å². The van der Waals surface area contributed by atoms with Crippen molar-refractivity contribution in [1.29, 1.82) is 0 Å². The zero-order valence-corrected chi connectivity index (χ0v) is 25.6. The third kappa shape index (κ3) is 6.15. The van der Waals surface area contributed by atoms with Gasteiger partial charge in [-0.2, -0.15) is 0 Å². The van der Waals surface area contributed by atoms with Crippen molar-refractivity contribution in [3.05, 3.63) is 48.1 Å². The molecule has 0 spiro atoms. The maximum atomic E-state index is 13.3. The molecule has 2 amide bonds. The van der Waals surface area contributed by atoms with Gasteiger partial charge in [0.25, 0.3) is 5.91 Å². The van der Waals surface area contributed by atoms with Crippen molar-refractivity contribution in [2.24, 2.45) is 5.92 Å². The number of rotatable bonds is 7. The average Bonchev–Trinajstić information content (AvgIpc) is 3.29. The Morgan fingerprint density at radius 1 is 1.20 bits per heavy atom. The molecule has 3 N–H and O–H groups in total. The molecule has 0 saturated carbocycles. The van der Waals surface area contributed by atoms with Gasteiger partial charge in [0.05, 0.1) is 36.0 Å². The lowest BCUT2D eigenvalue weighted by molar-refractivity contribution is 0.0722. The first kappa shape index (κ1) is 29.5. The molecule has 0 radical (unpaired) electrons. The lowest BCUT2D eigenvalue weighted by atomic mass is 9.92. The van der Waals surface area contributed by atoms with Crippen LogP contribution in [0.1, 0.15) is 63.5 Å². The van der Waals surface area contributed by atoms with Crippen molar-refractivity contribution >= 4 is 42.8 Å². The van der Waals surface area contributed by atoms with Crippen LogP contribution in [0.25, 0.3) is 11.1 Å². The van der Waals surface area contributed by atoms with E-state index in [9.17, 15) is 14.7 Å². The summed E-state index contributed by atoms with van der Waals surface area (Å²) in [6, 6.07) is 4.77. The minimum absolute atomic E-state index is 0.0103. The van der Waals surface area contributed by atoms with Crippen LogP contribution in [0.4, 0.5) is 16.2 Å². The second-order valence-electron chi connectivity index (χ2n) is 12.5. The van der Waals surface area contributed by atoms with E-state index in [0.717, 1.165) is 11.3 Å². The van der Waals surface area contributed by atoms with E-state index < -0.39 is 20.5 Å². The molecule has 0 unspecified atom stereocenters. The lowest BCUT2D eigenvalue weighted by Gasteiger charge is -2.48. The van der Waals surface area contributed by atoms with Crippen LogP contribution >= 0.6 is 0 Å². The molecule has 4 rings (SSSR count). The highest BCUT2D eigenvalue weighted by molar-refractivity contribution is 6.74. The summed E-state index contributed by atoms with van der Waals surface area (Å²) in [6.07, 6.45) is 3.59. The number of pyridine rings is 2. The molecule has 0 aliphatic carbocycles. The van der Waals surface area contributed by atoms with Crippen LogP contribution in [0.2, 0.25) is 18.1 Å². The normalized spacial score (nSPS) is 20.1. The predicted octanol–water partition coefficient (Wildman–Crippen LogP) is 6.08. The summed E-state index contributed by atoms with van der Waals surface area (Å²) >= 11 is 0. The number of amides is 2. The van der Waals surface area contributed by atoms with Gasteiger partial charge in [0.1, 0.15) is 11.2 Å². The van der Waals surface area contributed by atoms with Crippen molar-refractivity contribution in [1.82, 2.24) is 15.3 Å². The van der Waals surface area contributed by atoms with Gasteiger partial charge in [0, 0.05) is 30.8 Å². The second kappa shape index (κ2) is 11.2. The molecule has 1 aliphatic heterocycles. The van der Waals surface area contributed by atoms with E-state index in [-0.39, 0.29) is 34.6 Å². The monoisotopic (exact) mass is 567 g/mol. The average molecular weight is 568 g/mol. The molecule has 3 aromatic rings. The Hall–Kier alpha value is -3.44. The molecular weight excluding hydrogens is 526 g/mol. The van der Waals surface area contributed by atoms with Gasteiger partial charge in [0.15, 0.2) is 13.9 Å². The van der Waals surface area contributed by atoms with Gasteiger partial charge in [0.2, 0.25) is 0 Å². The van der Waals surface area contributed by atoms with Crippen LogP contribution < -0.4 is 15.5 Å². The smallest absolute Gasteiger partial charge is 0.405 e.